The van der Waals surface area contributed by atoms with Crippen LogP contribution in [0.2, 0.25) is 5.02 Å². The van der Waals surface area contributed by atoms with Crippen LogP contribution in [-0.2, 0) is 16.0 Å². The van der Waals surface area contributed by atoms with Crippen LogP contribution in [0.25, 0.3) is 5.57 Å². The number of fused-ring (bicyclic) bond motifs is 2. The fourth-order valence-corrected chi connectivity index (χ4v) is 4.24. The number of hydrogen-bond donors (Lipinski definition) is 2. The third-order valence-corrected chi connectivity index (χ3v) is 5.76. The van der Waals surface area contributed by atoms with Crippen molar-refractivity contribution in [2.75, 3.05) is 18.5 Å². The van der Waals surface area contributed by atoms with Gasteiger partial charge in [0.2, 0.25) is 0 Å². The van der Waals surface area contributed by atoms with E-state index in [-0.39, 0.29) is 18.3 Å². The number of rotatable bonds is 8. The van der Waals surface area contributed by atoms with Crippen molar-refractivity contribution in [1.29, 1.82) is 0 Å². The van der Waals surface area contributed by atoms with E-state index in [1.165, 1.54) is 5.56 Å². The molecule has 0 fully saturated rings. The summed E-state index contributed by atoms with van der Waals surface area (Å²) in [7, 11) is 0. The molecule has 0 spiro atoms. The van der Waals surface area contributed by atoms with Gasteiger partial charge in [0.1, 0.15) is 11.6 Å². The SMILES string of the molecule is O=C(O)CC1=CC2C=CC(OCCCNc3cc(Cl)ccn3)=CC2Cc2ccccc21. The molecule has 1 aromatic heterocycles. The topological polar surface area (TPSA) is 71.5 Å². The third-order valence-electron chi connectivity index (χ3n) is 5.53. The predicted octanol–water partition coefficient (Wildman–Crippen LogP) is 5.35. The Morgan fingerprint density at radius 1 is 1.26 bits per heavy atom. The van der Waals surface area contributed by atoms with E-state index in [0.717, 1.165) is 42.1 Å². The minimum Gasteiger partial charge on any atom is -0.494 e. The molecule has 5 nitrogen and oxygen atoms in total. The van der Waals surface area contributed by atoms with E-state index in [4.69, 9.17) is 16.3 Å². The average molecular weight is 437 g/mol. The van der Waals surface area contributed by atoms with Crippen LogP contribution in [0, 0.1) is 11.8 Å². The predicted molar refractivity (Wildman–Crippen MR) is 123 cm³/mol. The maximum absolute atomic E-state index is 11.4. The van der Waals surface area contributed by atoms with Gasteiger partial charge in [-0.05, 0) is 59.7 Å². The molecule has 160 valence electrons. The van der Waals surface area contributed by atoms with Gasteiger partial charge in [-0.2, -0.15) is 0 Å². The lowest BCUT2D eigenvalue weighted by atomic mass is 9.84. The molecule has 0 radical (unpaired) electrons. The smallest absolute Gasteiger partial charge is 0.307 e. The first-order chi connectivity index (χ1) is 15.1. The largest absolute Gasteiger partial charge is 0.494 e. The average Bonchev–Trinajstić information content (AvgIpc) is 2.89. The van der Waals surface area contributed by atoms with Gasteiger partial charge >= 0.3 is 5.97 Å². The number of nitrogens with zero attached hydrogens (tertiary/aromatic N) is 1. The van der Waals surface area contributed by atoms with Crippen molar-refractivity contribution < 1.29 is 14.6 Å². The zero-order valence-electron chi connectivity index (χ0n) is 17.1. The van der Waals surface area contributed by atoms with Crippen molar-refractivity contribution >= 4 is 29.0 Å². The molecule has 2 aromatic rings. The Labute approximate surface area is 187 Å². The summed E-state index contributed by atoms with van der Waals surface area (Å²) in [6.45, 7) is 1.34. The molecule has 0 amide bonds. The fraction of sp³-hybridized carbons (Fsp3) is 0.280. The number of carboxylic acid groups (broad SMARTS) is 1. The Kier molecular flexibility index (Phi) is 6.73. The quantitative estimate of drug-likeness (QED) is 0.545. The summed E-state index contributed by atoms with van der Waals surface area (Å²) in [5.74, 6) is 1.24. The number of ether oxygens (including phenoxy) is 1. The van der Waals surface area contributed by atoms with E-state index >= 15 is 0 Å². The Hall–Kier alpha value is -3.05. The molecule has 0 aliphatic heterocycles. The fourth-order valence-electron chi connectivity index (χ4n) is 4.08. The van der Waals surface area contributed by atoms with Crippen molar-refractivity contribution in [2.24, 2.45) is 11.8 Å². The number of halogens is 1. The van der Waals surface area contributed by atoms with Crippen molar-refractivity contribution in [3.05, 3.63) is 88.8 Å². The molecule has 2 unspecified atom stereocenters. The minimum absolute atomic E-state index is 0.0373. The summed E-state index contributed by atoms with van der Waals surface area (Å²) in [5.41, 5.74) is 3.12. The van der Waals surface area contributed by atoms with Crippen LogP contribution >= 0.6 is 11.6 Å². The molecule has 2 aliphatic carbocycles. The summed E-state index contributed by atoms with van der Waals surface area (Å²) in [4.78, 5) is 15.6. The molecule has 4 rings (SSSR count). The number of anilines is 1. The van der Waals surface area contributed by atoms with Gasteiger partial charge in [0.15, 0.2) is 0 Å². The molecular formula is C25H25ClN2O3. The monoisotopic (exact) mass is 436 g/mol. The minimum atomic E-state index is -0.805. The van der Waals surface area contributed by atoms with Crippen LogP contribution in [-0.4, -0.2) is 29.2 Å². The zero-order valence-corrected chi connectivity index (χ0v) is 17.9. The van der Waals surface area contributed by atoms with Crippen LogP contribution in [0.5, 0.6) is 0 Å². The van der Waals surface area contributed by atoms with E-state index in [1.807, 2.05) is 24.3 Å². The first kappa shape index (κ1) is 21.2. The second-order valence-electron chi connectivity index (χ2n) is 7.78. The summed E-state index contributed by atoms with van der Waals surface area (Å²) in [6, 6.07) is 11.6. The van der Waals surface area contributed by atoms with Crippen LogP contribution in [0.4, 0.5) is 5.82 Å². The Balaban J connectivity index is 1.36. The van der Waals surface area contributed by atoms with Gasteiger partial charge in [-0.1, -0.05) is 48.0 Å². The Morgan fingerprint density at radius 2 is 2.13 bits per heavy atom. The molecule has 2 atom stereocenters. The van der Waals surface area contributed by atoms with Gasteiger partial charge in [-0.15, -0.1) is 0 Å². The lowest BCUT2D eigenvalue weighted by Crippen LogP contribution is -2.15. The van der Waals surface area contributed by atoms with E-state index in [9.17, 15) is 9.90 Å². The van der Waals surface area contributed by atoms with Gasteiger partial charge in [-0.25, -0.2) is 4.98 Å². The van der Waals surface area contributed by atoms with Gasteiger partial charge in [0.25, 0.3) is 0 Å². The molecule has 2 N–H and O–H groups in total. The number of carbonyl (C=O) groups is 1. The Bertz CT molecular complexity index is 1040. The van der Waals surface area contributed by atoms with Crippen LogP contribution < -0.4 is 5.32 Å². The highest BCUT2D eigenvalue weighted by atomic mass is 35.5. The maximum Gasteiger partial charge on any atom is 0.307 e. The zero-order chi connectivity index (χ0) is 21.6. The number of carboxylic acids is 1. The highest BCUT2D eigenvalue weighted by Gasteiger charge is 2.26. The number of aromatic nitrogens is 1. The lowest BCUT2D eigenvalue weighted by Gasteiger charge is -2.23. The van der Waals surface area contributed by atoms with Crippen molar-refractivity contribution in [1.82, 2.24) is 4.98 Å². The standard InChI is InChI=1S/C25H25ClN2O3/c26-21-8-10-28-24(16-21)27-9-3-11-31-22-7-6-17-12-20(15-25(29)30)23-5-2-1-4-18(23)13-19(17)14-22/h1-2,4-8,10,12,14,16-17,19H,3,9,11,13,15H2,(H,27,28)(H,29,30). The number of pyridine rings is 1. The van der Waals surface area contributed by atoms with Gasteiger partial charge in [0.05, 0.1) is 13.0 Å². The van der Waals surface area contributed by atoms with E-state index in [1.54, 1.807) is 18.3 Å². The first-order valence-electron chi connectivity index (χ1n) is 10.5. The highest BCUT2D eigenvalue weighted by molar-refractivity contribution is 6.30. The van der Waals surface area contributed by atoms with Crippen molar-refractivity contribution in [2.45, 2.75) is 19.3 Å². The third kappa shape index (κ3) is 5.56. The summed E-state index contributed by atoms with van der Waals surface area (Å²) < 4.78 is 5.99. The van der Waals surface area contributed by atoms with Gasteiger partial charge in [0, 0.05) is 23.7 Å². The lowest BCUT2D eigenvalue weighted by molar-refractivity contribution is -0.135. The molecule has 0 saturated heterocycles. The summed E-state index contributed by atoms with van der Waals surface area (Å²) in [5, 5.41) is 13.2. The second kappa shape index (κ2) is 9.84. The Morgan fingerprint density at radius 3 is 2.97 bits per heavy atom. The van der Waals surface area contributed by atoms with Gasteiger partial charge < -0.3 is 15.2 Å². The molecule has 0 saturated carbocycles. The number of benzene rings is 1. The highest BCUT2D eigenvalue weighted by Crippen LogP contribution is 2.37. The molecule has 6 heteroatoms. The van der Waals surface area contributed by atoms with Crippen molar-refractivity contribution in [3.63, 3.8) is 0 Å². The molecule has 0 bridgehead atoms. The number of aliphatic carboxylic acids is 1. The van der Waals surface area contributed by atoms with Crippen LogP contribution in [0.3, 0.4) is 0 Å². The second-order valence-corrected chi connectivity index (χ2v) is 8.22. The van der Waals surface area contributed by atoms with E-state index in [2.05, 4.69) is 34.6 Å². The molecule has 31 heavy (non-hydrogen) atoms. The summed E-state index contributed by atoms with van der Waals surface area (Å²) >= 11 is 5.97. The maximum atomic E-state index is 11.4. The first-order valence-corrected chi connectivity index (χ1v) is 10.9. The van der Waals surface area contributed by atoms with Gasteiger partial charge in [-0.3, -0.25) is 4.79 Å². The molecule has 1 heterocycles. The summed E-state index contributed by atoms with van der Waals surface area (Å²) in [6.07, 6.45) is 11.8. The molecule has 1 aromatic carbocycles. The number of allylic oxidation sites excluding steroid dienone is 4. The van der Waals surface area contributed by atoms with E-state index in [0.29, 0.717) is 11.6 Å². The van der Waals surface area contributed by atoms with Crippen LogP contribution in [0.15, 0.2) is 72.7 Å². The molecule has 2 aliphatic rings. The number of nitrogens with one attached hydrogen (secondary N) is 1. The van der Waals surface area contributed by atoms with E-state index < -0.39 is 5.97 Å². The molecular weight excluding hydrogens is 412 g/mol. The van der Waals surface area contributed by atoms with Crippen molar-refractivity contribution in [3.8, 4) is 0 Å². The normalized spacial score (nSPS) is 19.4. The number of hydrogen-bond acceptors (Lipinski definition) is 4. The van der Waals surface area contributed by atoms with Crippen LogP contribution in [0.1, 0.15) is 24.0 Å².